The van der Waals surface area contributed by atoms with E-state index in [2.05, 4.69) is 10.6 Å². The summed E-state index contributed by atoms with van der Waals surface area (Å²) in [6.07, 6.45) is 2.74. The summed E-state index contributed by atoms with van der Waals surface area (Å²) in [5.41, 5.74) is 2.61. The van der Waals surface area contributed by atoms with Gasteiger partial charge in [0, 0.05) is 44.0 Å². The average Bonchev–Trinajstić information content (AvgIpc) is 3.42. The van der Waals surface area contributed by atoms with Gasteiger partial charge in [-0.15, -0.1) is 0 Å². The van der Waals surface area contributed by atoms with Crippen LogP contribution in [0.4, 0.5) is 18.9 Å². The highest BCUT2D eigenvalue weighted by Gasteiger charge is 2.30. The number of hydrogen-bond acceptors (Lipinski definition) is 3. The maximum atomic E-state index is 13.2. The van der Waals surface area contributed by atoms with Gasteiger partial charge in [-0.2, -0.15) is 13.2 Å². The van der Waals surface area contributed by atoms with E-state index in [4.69, 9.17) is 0 Å². The number of carbonyl (C=O) groups is 3. The van der Waals surface area contributed by atoms with Crippen LogP contribution in [0.3, 0.4) is 0 Å². The van der Waals surface area contributed by atoms with E-state index in [9.17, 15) is 27.6 Å². The van der Waals surface area contributed by atoms with Crippen molar-refractivity contribution in [3.05, 3.63) is 113 Å². The van der Waals surface area contributed by atoms with Crippen LogP contribution < -0.4 is 10.6 Å². The first-order valence-electron chi connectivity index (χ1n) is 14.9. The van der Waals surface area contributed by atoms with E-state index in [0.717, 1.165) is 43.4 Å². The van der Waals surface area contributed by atoms with Crippen molar-refractivity contribution in [3.8, 4) is 11.1 Å². The molecule has 3 aromatic carbocycles. The van der Waals surface area contributed by atoms with Crippen LogP contribution in [0.1, 0.15) is 74.4 Å². The number of anilines is 1. The lowest BCUT2D eigenvalue weighted by atomic mass is 9.94. The van der Waals surface area contributed by atoms with Crippen LogP contribution >= 0.6 is 0 Å². The van der Waals surface area contributed by atoms with Crippen LogP contribution in [0.5, 0.6) is 0 Å². The molecule has 0 unspecified atom stereocenters. The van der Waals surface area contributed by atoms with Gasteiger partial charge in [0.2, 0.25) is 0 Å². The van der Waals surface area contributed by atoms with Gasteiger partial charge in [0.25, 0.3) is 17.7 Å². The van der Waals surface area contributed by atoms with E-state index in [1.54, 1.807) is 60.3 Å². The summed E-state index contributed by atoms with van der Waals surface area (Å²) in [5.74, 6) is -0.815. The van der Waals surface area contributed by atoms with Crippen molar-refractivity contribution < 1.29 is 27.6 Å². The van der Waals surface area contributed by atoms with Crippen molar-refractivity contribution in [2.24, 2.45) is 7.05 Å². The molecule has 1 aliphatic carbocycles. The van der Waals surface area contributed by atoms with Gasteiger partial charge in [-0.25, -0.2) is 0 Å². The normalized spacial score (nSPS) is 13.7. The van der Waals surface area contributed by atoms with Crippen molar-refractivity contribution in [1.82, 2.24) is 14.8 Å². The van der Waals surface area contributed by atoms with Crippen molar-refractivity contribution in [3.63, 3.8) is 0 Å². The van der Waals surface area contributed by atoms with Crippen LogP contribution in [0.25, 0.3) is 11.1 Å². The van der Waals surface area contributed by atoms with Crippen LogP contribution in [0.2, 0.25) is 0 Å². The molecule has 2 N–H and O–H groups in total. The Hall–Kier alpha value is -4.86. The zero-order chi connectivity index (χ0) is 32.1. The number of benzene rings is 3. The highest BCUT2D eigenvalue weighted by molar-refractivity contribution is 6.09. The molecule has 4 aromatic rings. The van der Waals surface area contributed by atoms with E-state index in [0.29, 0.717) is 28.1 Å². The summed E-state index contributed by atoms with van der Waals surface area (Å²) in [6, 6.07) is 20.3. The molecule has 7 nitrogen and oxygen atoms in total. The summed E-state index contributed by atoms with van der Waals surface area (Å²) >= 11 is 0. The van der Waals surface area contributed by atoms with Gasteiger partial charge in [0.05, 0.1) is 11.3 Å². The average molecular weight is 617 g/mol. The topological polar surface area (TPSA) is 83.4 Å². The Morgan fingerprint density at radius 1 is 0.889 bits per heavy atom. The lowest BCUT2D eigenvalue weighted by Crippen LogP contribution is -2.38. The van der Waals surface area contributed by atoms with Crippen LogP contribution in [0, 0.1) is 0 Å². The van der Waals surface area contributed by atoms with Gasteiger partial charge in [-0.05, 0) is 65.9 Å². The van der Waals surface area contributed by atoms with Gasteiger partial charge in [-0.3, -0.25) is 14.4 Å². The van der Waals surface area contributed by atoms with Crippen molar-refractivity contribution >= 4 is 23.4 Å². The third-order valence-corrected chi connectivity index (χ3v) is 8.29. The lowest BCUT2D eigenvalue weighted by Gasteiger charge is -2.31. The van der Waals surface area contributed by atoms with Gasteiger partial charge in [0.1, 0.15) is 5.69 Å². The number of aromatic nitrogens is 1. The van der Waals surface area contributed by atoms with Gasteiger partial charge in [0.15, 0.2) is 0 Å². The zero-order valence-corrected chi connectivity index (χ0v) is 25.2. The molecular formula is C35H35F3N4O3. The third kappa shape index (κ3) is 7.45. The molecule has 1 aliphatic rings. The number of carbonyl (C=O) groups excluding carboxylic acids is 3. The minimum atomic E-state index is -4.46. The van der Waals surface area contributed by atoms with Gasteiger partial charge >= 0.3 is 6.18 Å². The number of alkyl halides is 3. The zero-order valence-electron chi connectivity index (χ0n) is 25.2. The Morgan fingerprint density at radius 2 is 1.56 bits per heavy atom. The van der Waals surface area contributed by atoms with Crippen molar-refractivity contribution in [1.29, 1.82) is 0 Å². The number of halogens is 3. The lowest BCUT2D eigenvalue weighted by molar-refractivity contribution is -0.137. The van der Waals surface area contributed by atoms with E-state index >= 15 is 0 Å². The molecule has 0 atom stereocenters. The Bertz CT molecular complexity index is 1670. The Balaban J connectivity index is 1.20. The molecule has 0 aliphatic heterocycles. The molecule has 234 valence electrons. The molecule has 0 saturated heterocycles. The smallest absolute Gasteiger partial charge is 0.347 e. The van der Waals surface area contributed by atoms with E-state index in [-0.39, 0.29) is 30.0 Å². The van der Waals surface area contributed by atoms with Gasteiger partial charge < -0.3 is 20.1 Å². The Morgan fingerprint density at radius 3 is 2.22 bits per heavy atom. The second kappa shape index (κ2) is 13.4. The van der Waals surface area contributed by atoms with Crippen molar-refractivity contribution in [2.45, 2.75) is 50.9 Å². The van der Waals surface area contributed by atoms with Crippen LogP contribution in [0.15, 0.2) is 85.1 Å². The molecule has 45 heavy (non-hydrogen) atoms. The number of rotatable bonds is 8. The number of nitrogens with zero attached hydrogens (tertiary/aromatic N) is 2. The predicted octanol–water partition coefficient (Wildman–Crippen LogP) is 7.30. The molecule has 1 saturated carbocycles. The molecule has 0 spiro atoms. The summed E-state index contributed by atoms with van der Waals surface area (Å²) in [7, 11) is 3.55. The molecule has 0 bridgehead atoms. The van der Waals surface area contributed by atoms with Crippen molar-refractivity contribution in [2.75, 3.05) is 12.4 Å². The first-order valence-corrected chi connectivity index (χ1v) is 14.9. The SMILES string of the molecule is CN(C(=O)c1ccc(CNC(=O)c2cc(NC(=O)c3ccccc3-c3ccc(C(F)(F)F)cc3)cn2C)cc1)C1CCCCC1. The number of aryl methyl sites for hydroxylation is 1. The molecule has 0 radical (unpaired) electrons. The maximum absolute atomic E-state index is 13.2. The monoisotopic (exact) mass is 616 g/mol. The highest BCUT2D eigenvalue weighted by atomic mass is 19.4. The Kier molecular flexibility index (Phi) is 9.41. The standard InChI is InChI=1S/C35H35F3N4O3/c1-41-22-27(40-32(43)30-11-7-6-10-29(30)24-16-18-26(19-17-24)35(36,37)38)20-31(41)33(44)39-21-23-12-14-25(15-13-23)34(45)42(2)28-8-4-3-5-9-28/h6-7,10-20,22,28H,3-5,8-9,21H2,1-2H3,(H,39,44)(H,40,43). The first-order chi connectivity index (χ1) is 21.5. The van der Waals surface area contributed by atoms with Gasteiger partial charge in [-0.1, -0.05) is 61.7 Å². The fraction of sp³-hybridized carbons (Fsp3) is 0.286. The van der Waals surface area contributed by atoms with E-state index in [1.807, 2.05) is 24.1 Å². The predicted molar refractivity (Wildman–Crippen MR) is 167 cm³/mol. The molecule has 1 fully saturated rings. The summed E-state index contributed by atoms with van der Waals surface area (Å²) in [5, 5.41) is 5.66. The highest BCUT2D eigenvalue weighted by Crippen LogP contribution is 2.32. The third-order valence-electron chi connectivity index (χ3n) is 8.29. The molecule has 5 rings (SSSR count). The molecule has 3 amide bonds. The quantitative estimate of drug-likeness (QED) is 0.218. The molecule has 10 heteroatoms. The molecule has 1 heterocycles. The number of hydrogen-bond donors (Lipinski definition) is 2. The second-order valence-corrected chi connectivity index (χ2v) is 11.4. The van der Waals surface area contributed by atoms with Crippen LogP contribution in [-0.4, -0.2) is 40.3 Å². The fourth-order valence-corrected chi connectivity index (χ4v) is 5.70. The molecular weight excluding hydrogens is 581 g/mol. The summed E-state index contributed by atoms with van der Waals surface area (Å²) in [4.78, 5) is 41.0. The number of nitrogens with one attached hydrogen (secondary N) is 2. The maximum Gasteiger partial charge on any atom is 0.416 e. The van der Waals surface area contributed by atoms with E-state index in [1.165, 1.54) is 18.6 Å². The van der Waals surface area contributed by atoms with Crippen LogP contribution in [-0.2, 0) is 19.8 Å². The van der Waals surface area contributed by atoms with E-state index < -0.39 is 17.6 Å². The largest absolute Gasteiger partial charge is 0.416 e. The Labute approximate surface area is 260 Å². The summed E-state index contributed by atoms with van der Waals surface area (Å²) < 4.78 is 40.6. The first kappa shape index (κ1) is 31.6. The minimum absolute atomic E-state index is 0.00199. The second-order valence-electron chi connectivity index (χ2n) is 11.4. The number of amides is 3. The minimum Gasteiger partial charge on any atom is -0.347 e. The summed E-state index contributed by atoms with van der Waals surface area (Å²) in [6.45, 7) is 0.249. The fourth-order valence-electron chi connectivity index (χ4n) is 5.70. The molecule has 1 aromatic heterocycles.